The third kappa shape index (κ3) is 25.3. The molecule has 0 unspecified atom stereocenters. The van der Waals surface area contributed by atoms with E-state index in [4.69, 9.17) is 34.7 Å². The molecule has 331 valence electrons. The average Bonchev–Trinajstić information content (AvgIpc) is 3.26. The predicted molar refractivity (Wildman–Crippen MR) is 266 cm³/mol. The molecular weight excluding hydrogens is 987 g/mol. The Morgan fingerprint density at radius 1 is 0.475 bits per heavy atom. The normalized spacial score (nSPS) is 11.5. The monoisotopic (exact) mass is 1050 g/mol. The summed E-state index contributed by atoms with van der Waals surface area (Å²) in [5, 5.41) is 4.54. The maximum atomic E-state index is 8.31. The van der Waals surface area contributed by atoms with Crippen LogP contribution in [0.25, 0.3) is 16.8 Å². The Bertz CT molecular complexity index is 1740. The third-order valence-electron chi connectivity index (χ3n) is 9.17. The second-order valence-electron chi connectivity index (χ2n) is 14.1. The topological polar surface area (TPSA) is 61.7 Å². The summed E-state index contributed by atoms with van der Waals surface area (Å²) in [5.41, 5.74) is 26.3. The Morgan fingerprint density at radius 2 is 0.738 bits per heavy atom. The van der Waals surface area contributed by atoms with Crippen LogP contribution < -0.4 is 0 Å². The summed E-state index contributed by atoms with van der Waals surface area (Å²) in [6.45, 7) is 17.2. The van der Waals surface area contributed by atoms with Crippen LogP contribution in [0.3, 0.4) is 0 Å². The van der Waals surface area contributed by atoms with Gasteiger partial charge in [0, 0.05) is 0 Å². The number of nitrogens with one attached hydrogen (secondary N) is 2. The van der Waals surface area contributed by atoms with Crippen molar-refractivity contribution in [3.8, 4) is 0 Å². The van der Waals surface area contributed by atoms with E-state index in [1.54, 1.807) is 7.05 Å². The summed E-state index contributed by atoms with van der Waals surface area (Å²) < 4.78 is 0. The van der Waals surface area contributed by atoms with Crippen LogP contribution in [-0.4, -0.2) is 12.4 Å². The van der Waals surface area contributed by atoms with Gasteiger partial charge in [0.2, 0.25) is 0 Å². The molecule has 2 N–H and O–H groups in total. The molecule has 6 rings (SSSR count). The first-order valence-electron chi connectivity index (χ1n) is 19.4. The van der Waals surface area contributed by atoms with E-state index in [2.05, 4.69) is 112 Å². The van der Waals surface area contributed by atoms with E-state index < -0.39 is 0 Å². The second-order valence-corrected chi connectivity index (χ2v) is 14.9. The SMILES string of the molecule is C[N-][C@@H](c1ccccc1)[C@@H]([NH-])c1ccccc1.Cc1ccc(C(C)C)cc1.Cc1ccc(C(C)C)cc1.ClCCl.[CH2-][C@@H](c1ccccc1)[C@@H]([NH-])c1ccccc1.[CH3-].[CH3-].[Cl][Ru+3].[Ru+3]. The number of hydrogen-bond acceptors (Lipinski definition) is 0. The molecule has 0 saturated heterocycles. The van der Waals surface area contributed by atoms with Crippen molar-refractivity contribution in [1.29, 1.82) is 0 Å². The van der Waals surface area contributed by atoms with E-state index in [1.807, 2.05) is 139 Å². The number of benzene rings is 6. The van der Waals surface area contributed by atoms with Gasteiger partial charge in [-0.1, -0.05) is 231 Å². The van der Waals surface area contributed by atoms with Crippen molar-refractivity contribution < 1.29 is 36.8 Å². The molecule has 0 heterocycles. The van der Waals surface area contributed by atoms with Gasteiger partial charge in [0.25, 0.3) is 0 Å². The number of likely N-dealkylation sites (N-methyl/N-ethyl adjacent to an activating group) is 1. The molecule has 0 amide bonds. The summed E-state index contributed by atoms with van der Waals surface area (Å²) in [4.78, 5) is 0. The van der Waals surface area contributed by atoms with Gasteiger partial charge in [0.15, 0.2) is 0 Å². The first-order valence-corrected chi connectivity index (χ1v) is 22.7. The van der Waals surface area contributed by atoms with Crippen LogP contribution in [0.2, 0.25) is 0 Å². The number of alkyl halides is 2. The van der Waals surface area contributed by atoms with Gasteiger partial charge < -0.3 is 38.6 Å². The van der Waals surface area contributed by atoms with Gasteiger partial charge >= 0.3 is 46.5 Å². The number of nitrogens with zero attached hydrogens (tertiary/aromatic N) is 1. The molecule has 0 fully saturated rings. The molecule has 1 radical (unpaired) electrons. The minimum absolute atomic E-state index is 0. The molecule has 6 aromatic carbocycles. The van der Waals surface area contributed by atoms with Crippen LogP contribution in [0.5, 0.6) is 0 Å². The van der Waals surface area contributed by atoms with Gasteiger partial charge in [0.1, 0.15) is 0 Å². The fourth-order valence-electron chi connectivity index (χ4n) is 5.67. The van der Waals surface area contributed by atoms with Crippen molar-refractivity contribution in [2.45, 2.75) is 77.4 Å². The summed E-state index contributed by atoms with van der Waals surface area (Å²) >= 11 is 11.4. The minimum Gasteiger partial charge on any atom is 3.00 e. The zero-order valence-corrected chi connectivity index (χ0v) is 43.1. The fraction of sp³-hybridized carbons (Fsp3) is 0.264. The van der Waals surface area contributed by atoms with Crippen LogP contribution in [0.1, 0.15) is 108 Å². The van der Waals surface area contributed by atoms with Crippen molar-refractivity contribution >= 4 is 32.9 Å². The molecule has 6 aromatic rings. The molecule has 0 aromatic heterocycles. The maximum absolute atomic E-state index is 8.31. The summed E-state index contributed by atoms with van der Waals surface area (Å²) in [6.07, 6.45) is 0. The molecule has 8 heteroatoms. The quantitative estimate of drug-likeness (QED) is 0.0787. The largest absolute Gasteiger partial charge is 3.00 e. The molecule has 61 heavy (non-hydrogen) atoms. The second kappa shape index (κ2) is 37.8. The summed E-state index contributed by atoms with van der Waals surface area (Å²) in [7, 11) is 6.35. The van der Waals surface area contributed by atoms with Crippen molar-refractivity contribution in [3.63, 3.8) is 0 Å². The third-order valence-corrected chi connectivity index (χ3v) is 9.17. The molecule has 3 nitrogen and oxygen atoms in total. The average molecular weight is 1050 g/mol. The van der Waals surface area contributed by atoms with Gasteiger partial charge in [-0.25, -0.2) is 0 Å². The molecule has 0 spiro atoms. The van der Waals surface area contributed by atoms with Crippen LogP contribution >= 0.6 is 32.9 Å². The summed E-state index contributed by atoms with van der Waals surface area (Å²) in [5.74, 6) is 1.28. The molecule has 0 aliphatic carbocycles. The number of aryl methyl sites for hydroxylation is 2. The number of halogens is 3. The molecule has 0 bridgehead atoms. The Hall–Kier alpha value is -2.68. The molecule has 4 atom stereocenters. The minimum atomic E-state index is -0.344. The van der Waals surface area contributed by atoms with Crippen LogP contribution in [-0.2, 0) is 36.8 Å². The van der Waals surface area contributed by atoms with E-state index >= 15 is 0 Å². The first-order chi connectivity index (χ1) is 27.9. The van der Waals surface area contributed by atoms with Crippen molar-refractivity contribution in [3.05, 3.63) is 253 Å². The van der Waals surface area contributed by atoms with Gasteiger partial charge in [0.05, 0.1) is 5.34 Å². The first kappa shape index (κ1) is 62.6. The standard InChI is InChI=1S/C15H16N2.C15H15N.2C10H14.CH2Cl2.2CH3.ClH.2Ru/c1-17-15(13-10-6-3-7-11-13)14(16)12-8-4-2-5-9-12;1-12(13-8-4-2-5-9-13)15(16)14-10-6-3-7-11-14;2*1-8(2)10-6-4-9(3)5-7-10;2-1-3;;;;;/h2-11,14-16H,1H3;2-12,15-16H,1H2;2*4-8H,1-3H3;1H2;2*1H3;1H;;/q2*-2;;;;2*-1;;+3;+4/p-1/t14-,15-;12-,15+;;;;;;;;/m00......../s1. The van der Waals surface area contributed by atoms with E-state index in [0.29, 0.717) is 11.8 Å². The Morgan fingerprint density at radius 3 is 1.02 bits per heavy atom. The number of rotatable bonds is 9. The zero-order chi connectivity index (χ0) is 43.3. The van der Waals surface area contributed by atoms with Crippen LogP contribution in [0.4, 0.5) is 0 Å². The van der Waals surface area contributed by atoms with E-state index in [-0.39, 0.29) is 63.7 Å². The Balaban J connectivity index is -0.000000714. The van der Waals surface area contributed by atoms with Crippen LogP contribution in [0.15, 0.2) is 170 Å². The number of hydrogen-bond donors (Lipinski definition) is 0. The van der Waals surface area contributed by atoms with E-state index in [0.717, 1.165) is 22.3 Å². The van der Waals surface area contributed by atoms with Gasteiger partial charge in [-0.15, -0.1) is 41.3 Å². The zero-order valence-electron chi connectivity index (χ0n) is 37.3. The fourth-order valence-corrected chi connectivity index (χ4v) is 5.67. The Labute approximate surface area is 409 Å². The van der Waals surface area contributed by atoms with Crippen LogP contribution in [0, 0.1) is 35.6 Å². The van der Waals surface area contributed by atoms with Crippen molar-refractivity contribution in [2.75, 3.05) is 12.4 Å². The smallest absolute Gasteiger partial charge is 3.00 e. The van der Waals surface area contributed by atoms with Gasteiger partial charge in [-0.2, -0.15) is 13.0 Å². The van der Waals surface area contributed by atoms with Gasteiger partial charge in [-0.3, -0.25) is 0 Å². The molecular formula is C53H67Cl3N3Ru2. The molecule has 0 aliphatic rings. The molecule has 0 saturated carbocycles. The van der Waals surface area contributed by atoms with E-state index in [1.165, 1.54) is 22.3 Å². The van der Waals surface area contributed by atoms with Crippen molar-refractivity contribution in [1.82, 2.24) is 0 Å². The maximum Gasteiger partial charge on any atom is 3.00 e. The van der Waals surface area contributed by atoms with Gasteiger partial charge in [-0.05, 0) is 36.8 Å². The van der Waals surface area contributed by atoms with Crippen molar-refractivity contribution in [2.24, 2.45) is 0 Å². The predicted octanol–water partition coefficient (Wildman–Crippen LogP) is 18.2. The Kier molecular flexibility index (Phi) is 38.8. The van der Waals surface area contributed by atoms with E-state index in [9.17, 15) is 0 Å². The summed E-state index contributed by atoms with van der Waals surface area (Å²) in [6, 6.07) is 56.5. The molecule has 0 aliphatic heterocycles.